The molecule has 0 spiro atoms. The Morgan fingerprint density at radius 2 is 1.81 bits per heavy atom. The van der Waals surface area contributed by atoms with Crippen molar-refractivity contribution in [2.45, 2.75) is 57.4 Å². The summed E-state index contributed by atoms with van der Waals surface area (Å²) in [6.07, 6.45) is 8.26. The fourth-order valence-electron chi connectivity index (χ4n) is 4.47. The number of hydrogen-bond acceptors (Lipinski definition) is 3. The van der Waals surface area contributed by atoms with Crippen molar-refractivity contribution in [3.63, 3.8) is 0 Å². The van der Waals surface area contributed by atoms with E-state index in [9.17, 15) is 9.59 Å². The normalized spacial score (nSPS) is 20.7. The number of ether oxygens (including phenoxy) is 1. The minimum atomic E-state index is -0.175. The van der Waals surface area contributed by atoms with Gasteiger partial charge in [-0.3, -0.25) is 4.79 Å². The Hall–Kier alpha value is -2.24. The summed E-state index contributed by atoms with van der Waals surface area (Å²) < 4.78 is 5.49. The lowest BCUT2D eigenvalue weighted by Crippen LogP contribution is -2.49. The second-order valence-electron chi connectivity index (χ2n) is 7.95. The minimum Gasteiger partial charge on any atom is -0.493 e. The number of urea groups is 1. The van der Waals surface area contributed by atoms with Gasteiger partial charge in [0.25, 0.3) is 0 Å². The molecule has 0 radical (unpaired) electrons. The highest BCUT2D eigenvalue weighted by Gasteiger charge is 2.29. The zero-order valence-electron chi connectivity index (χ0n) is 15.8. The number of hydrogen-bond donors (Lipinski definition) is 2. The van der Waals surface area contributed by atoms with E-state index in [2.05, 4.69) is 10.6 Å². The first-order valence-corrected chi connectivity index (χ1v) is 10.3. The molecule has 1 saturated carbocycles. The Balaban J connectivity index is 1.23. The molecule has 146 valence electrons. The average Bonchev–Trinajstić information content (AvgIpc) is 3.16. The number of nitrogens with zero attached hydrogens (tertiary/aromatic N) is 1. The summed E-state index contributed by atoms with van der Waals surface area (Å²) in [4.78, 5) is 26.9. The number of rotatable bonds is 3. The van der Waals surface area contributed by atoms with Gasteiger partial charge in [0.15, 0.2) is 0 Å². The maximum atomic E-state index is 12.6. The van der Waals surface area contributed by atoms with Crippen LogP contribution in [0.4, 0.5) is 10.5 Å². The van der Waals surface area contributed by atoms with Gasteiger partial charge in [0.1, 0.15) is 5.75 Å². The molecule has 27 heavy (non-hydrogen) atoms. The smallest absolute Gasteiger partial charge is 0.319 e. The van der Waals surface area contributed by atoms with Crippen LogP contribution in [0.1, 0.15) is 50.5 Å². The molecule has 0 unspecified atom stereocenters. The predicted molar refractivity (Wildman–Crippen MR) is 104 cm³/mol. The van der Waals surface area contributed by atoms with Gasteiger partial charge in [-0.15, -0.1) is 0 Å². The fourth-order valence-corrected chi connectivity index (χ4v) is 4.47. The van der Waals surface area contributed by atoms with Gasteiger partial charge in [0, 0.05) is 37.2 Å². The summed E-state index contributed by atoms with van der Waals surface area (Å²) in [5, 5.41) is 5.97. The SMILES string of the molecule is O=C(Nc1ccc2c(c1)CCO2)NC1CCN(C(=O)C2CCCCC2)CC1. The zero-order chi connectivity index (χ0) is 18.6. The van der Waals surface area contributed by atoms with E-state index in [0.717, 1.165) is 62.2 Å². The van der Waals surface area contributed by atoms with E-state index < -0.39 is 0 Å². The number of carbonyl (C=O) groups excluding carboxylic acids is 2. The molecular weight excluding hydrogens is 342 g/mol. The molecule has 4 rings (SSSR count). The third-order valence-electron chi connectivity index (χ3n) is 6.04. The minimum absolute atomic E-state index is 0.123. The molecule has 1 aliphatic carbocycles. The molecule has 3 amide bonds. The van der Waals surface area contributed by atoms with Gasteiger partial charge in [-0.25, -0.2) is 4.79 Å². The Morgan fingerprint density at radius 1 is 1.04 bits per heavy atom. The molecule has 0 bridgehead atoms. The molecule has 1 aromatic carbocycles. The van der Waals surface area contributed by atoms with Crippen molar-refractivity contribution < 1.29 is 14.3 Å². The van der Waals surface area contributed by atoms with Crippen LogP contribution in [-0.2, 0) is 11.2 Å². The summed E-state index contributed by atoms with van der Waals surface area (Å²) >= 11 is 0. The quantitative estimate of drug-likeness (QED) is 0.856. The summed E-state index contributed by atoms with van der Waals surface area (Å²) in [5.41, 5.74) is 1.93. The number of nitrogens with one attached hydrogen (secondary N) is 2. The number of amides is 3. The van der Waals surface area contributed by atoms with Gasteiger partial charge in [0.05, 0.1) is 6.61 Å². The second-order valence-corrected chi connectivity index (χ2v) is 7.95. The molecule has 0 atom stereocenters. The van der Waals surface area contributed by atoms with E-state index in [-0.39, 0.29) is 18.0 Å². The van der Waals surface area contributed by atoms with Crippen molar-refractivity contribution >= 4 is 17.6 Å². The molecule has 6 nitrogen and oxygen atoms in total. The Kier molecular flexibility index (Phi) is 5.50. The van der Waals surface area contributed by atoms with Gasteiger partial charge in [0.2, 0.25) is 5.91 Å². The Bertz CT molecular complexity index is 692. The lowest BCUT2D eigenvalue weighted by Gasteiger charge is -2.35. The molecule has 2 fully saturated rings. The number of likely N-dealkylation sites (tertiary alicyclic amines) is 1. The summed E-state index contributed by atoms with van der Waals surface area (Å²) in [5.74, 6) is 1.48. The topological polar surface area (TPSA) is 70.7 Å². The maximum Gasteiger partial charge on any atom is 0.319 e. The summed E-state index contributed by atoms with van der Waals surface area (Å²) in [6.45, 7) is 2.20. The maximum absolute atomic E-state index is 12.6. The van der Waals surface area contributed by atoms with Crippen LogP contribution in [0.25, 0.3) is 0 Å². The summed E-state index contributed by atoms with van der Waals surface area (Å²) in [7, 11) is 0. The highest BCUT2D eigenvalue weighted by molar-refractivity contribution is 5.89. The predicted octanol–water partition coefficient (Wildman–Crippen LogP) is 3.31. The van der Waals surface area contributed by atoms with Crippen molar-refractivity contribution in [1.82, 2.24) is 10.2 Å². The van der Waals surface area contributed by atoms with E-state index in [1.807, 2.05) is 23.1 Å². The van der Waals surface area contributed by atoms with Crippen LogP contribution in [0.5, 0.6) is 5.75 Å². The number of carbonyl (C=O) groups is 2. The second kappa shape index (κ2) is 8.19. The molecule has 1 aromatic rings. The first-order valence-electron chi connectivity index (χ1n) is 10.3. The van der Waals surface area contributed by atoms with Gasteiger partial charge in [-0.2, -0.15) is 0 Å². The lowest BCUT2D eigenvalue weighted by atomic mass is 9.87. The molecule has 2 aliphatic heterocycles. The number of fused-ring (bicyclic) bond motifs is 1. The number of anilines is 1. The summed E-state index contributed by atoms with van der Waals surface area (Å²) in [6, 6.07) is 5.71. The van der Waals surface area contributed by atoms with E-state index >= 15 is 0 Å². The molecule has 2 N–H and O–H groups in total. The molecule has 3 aliphatic rings. The van der Waals surface area contributed by atoms with Crippen LogP contribution in [0.3, 0.4) is 0 Å². The van der Waals surface area contributed by atoms with Crippen molar-refractivity contribution in [2.24, 2.45) is 5.92 Å². The Morgan fingerprint density at radius 3 is 2.59 bits per heavy atom. The van der Waals surface area contributed by atoms with Crippen molar-refractivity contribution in [3.8, 4) is 5.75 Å². The third-order valence-corrected chi connectivity index (χ3v) is 6.04. The van der Waals surface area contributed by atoms with E-state index in [1.165, 1.54) is 19.3 Å². The number of benzene rings is 1. The van der Waals surface area contributed by atoms with Gasteiger partial charge in [-0.1, -0.05) is 19.3 Å². The molecule has 0 aromatic heterocycles. The average molecular weight is 371 g/mol. The van der Waals surface area contributed by atoms with Crippen LogP contribution < -0.4 is 15.4 Å². The highest BCUT2D eigenvalue weighted by Crippen LogP contribution is 2.28. The lowest BCUT2D eigenvalue weighted by molar-refractivity contribution is -0.137. The first-order chi connectivity index (χ1) is 13.2. The monoisotopic (exact) mass is 371 g/mol. The van der Waals surface area contributed by atoms with Crippen molar-refractivity contribution in [1.29, 1.82) is 0 Å². The largest absolute Gasteiger partial charge is 0.493 e. The molecule has 1 saturated heterocycles. The Labute approximate surface area is 160 Å². The highest BCUT2D eigenvalue weighted by atomic mass is 16.5. The molecule has 6 heteroatoms. The van der Waals surface area contributed by atoms with Crippen LogP contribution in [0, 0.1) is 5.92 Å². The van der Waals surface area contributed by atoms with Crippen molar-refractivity contribution in [2.75, 3.05) is 25.0 Å². The molecule has 2 heterocycles. The van der Waals surface area contributed by atoms with Crippen LogP contribution >= 0.6 is 0 Å². The fraction of sp³-hybridized carbons (Fsp3) is 0.619. The van der Waals surface area contributed by atoms with Crippen LogP contribution in [-0.4, -0.2) is 42.6 Å². The van der Waals surface area contributed by atoms with Gasteiger partial charge >= 0.3 is 6.03 Å². The third kappa shape index (κ3) is 4.37. The van der Waals surface area contributed by atoms with Gasteiger partial charge < -0.3 is 20.3 Å². The van der Waals surface area contributed by atoms with Crippen LogP contribution in [0.15, 0.2) is 18.2 Å². The standard InChI is InChI=1S/C21H29N3O3/c25-20(15-4-2-1-3-5-15)24-11-8-17(9-12-24)22-21(26)23-18-6-7-19-16(14-18)10-13-27-19/h6-7,14-15,17H,1-5,8-13H2,(H2,22,23,26). The molecular formula is C21H29N3O3. The van der Waals surface area contributed by atoms with Crippen molar-refractivity contribution in [3.05, 3.63) is 23.8 Å². The van der Waals surface area contributed by atoms with E-state index in [1.54, 1.807) is 0 Å². The van der Waals surface area contributed by atoms with Gasteiger partial charge in [-0.05, 0) is 49.4 Å². The first kappa shape index (κ1) is 18.1. The van der Waals surface area contributed by atoms with E-state index in [4.69, 9.17) is 4.74 Å². The van der Waals surface area contributed by atoms with E-state index in [0.29, 0.717) is 12.5 Å². The number of piperidine rings is 1. The van der Waals surface area contributed by atoms with Crippen LogP contribution in [0.2, 0.25) is 0 Å². The zero-order valence-corrected chi connectivity index (χ0v) is 15.8.